The Morgan fingerprint density at radius 3 is 2.57 bits per heavy atom. The quantitative estimate of drug-likeness (QED) is 0.662. The van der Waals surface area contributed by atoms with E-state index in [0.29, 0.717) is 12.1 Å². The second-order valence-electron chi connectivity index (χ2n) is 5.38. The molecule has 0 aliphatic heterocycles. The Kier molecular flexibility index (Phi) is 7.30. The summed E-state index contributed by atoms with van der Waals surface area (Å²) < 4.78 is 5.62. The molecule has 0 fully saturated rings. The van der Waals surface area contributed by atoms with Crippen LogP contribution in [0, 0.1) is 0 Å². The number of hydrogen-bond acceptors (Lipinski definition) is 3. The third-order valence-corrected chi connectivity index (χ3v) is 3.52. The zero-order valence-electron chi connectivity index (χ0n) is 13.2. The largest absolute Gasteiger partial charge is 0.478 e. The first-order valence-corrected chi connectivity index (χ1v) is 7.90. The Morgan fingerprint density at radius 2 is 1.78 bits per heavy atom. The van der Waals surface area contributed by atoms with Gasteiger partial charge in [0.05, 0.1) is 12.2 Å². The van der Waals surface area contributed by atoms with Gasteiger partial charge in [-0.2, -0.15) is 0 Å². The zero-order valence-corrected chi connectivity index (χ0v) is 13.2. The summed E-state index contributed by atoms with van der Waals surface area (Å²) in [6.07, 6.45) is 1.88. The van der Waals surface area contributed by atoms with E-state index in [1.54, 1.807) is 18.2 Å². The van der Waals surface area contributed by atoms with Crippen molar-refractivity contribution >= 4 is 5.97 Å². The monoisotopic (exact) mass is 313 g/mol. The van der Waals surface area contributed by atoms with Crippen molar-refractivity contribution in [3.8, 4) is 0 Å². The van der Waals surface area contributed by atoms with Gasteiger partial charge in [0.1, 0.15) is 0 Å². The summed E-state index contributed by atoms with van der Waals surface area (Å²) in [7, 11) is 0. The van der Waals surface area contributed by atoms with Crippen molar-refractivity contribution in [1.29, 1.82) is 0 Å². The summed E-state index contributed by atoms with van der Waals surface area (Å²) in [5.74, 6) is -0.890. The molecule has 0 atom stereocenters. The molecule has 0 unspecified atom stereocenters. The lowest BCUT2D eigenvalue weighted by atomic mass is 10.1. The highest BCUT2D eigenvalue weighted by Gasteiger charge is 2.02. The lowest BCUT2D eigenvalue weighted by molar-refractivity contribution is 0.0696. The van der Waals surface area contributed by atoms with Gasteiger partial charge in [0.25, 0.3) is 0 Å². The Labute approximate surface area is 137 Å². The van der Waals surface area contributed by atoms with Crippen molar-refractivity contribution in [2.24, 2.45) is 0 Å². The van der Waals surface area contributed by atoms with E-state index in [1.807, 2.05) is 24.3 Å². The van der Waals surface area contributed by atoms with Gasteiger partial charge in [-0.15, -0.1) is 0 Å². The lowest BCUT2D eigenvalue weighted by Gasteiger charge is -2.07. The summed E-state index contributed by atoms with van der Waals surface area (Å²) in [6, 6.07) is 17.3. The summed E-state index contributed by atoms with van der Waals surface area (Å²) in [4.78, 5) is 10.9. The van der Waals surface area contributed by atoms with Crippen LogP contribution in [0.2, 0.25) is 0 Å². The van der Waals surface area contributed by atoms with Crippen LogP contribution in [-0.4, -0.2) is 30.8 Å². The maximum Gasteiger partial charge on any atom is 0.335 e. The van der Waals surface area contributed by atoms with Crippen molar-refractivity contribution in [3.63, 3.8) is 0 Å². The Bertz CT molecular complexity index is 599. The molecular weight excluding hydrogens is 290 g/mol. The molecule has 0 heterocycles. The second-order valence-corrected chi connectivity index (χ2v) is 5.38. The van der Waals surface area contributed by atoms with Crippen LogP contribution in [0.3, 0.4) is 0 Å². The first-order valence-electron chi connectivity index (χ1n) is 7.90. The molecule has 0 saturated carbocycles. The number of hydrogen-bond donors (Lipinski definition) is 2. The van der Waals surface area contributed by atoms with E-state index in [4.69, 9.17) is 9.84 Å². The Morgan fingerprint density at radius 1 is 1.00 bits per heavy atom. The molecular formula is C19H23NO3. The minimum absolute atomic E-state index is 0.327. The highest BCUT2D eigenvalue weighted by molar-refractivity contribution is 5.87. The number of ether oxygens (including phenoxy) is 1. The van der Waals surface area contributed by atoms with Crippen LogP contribution in [0.25, 0.3) is 0 Å². The SMILES string of the molecule is O=C(O)c1cccc(CNCCCOCCc2ccccc2)c1. The van der Waals surface area contributed by atoms with Gasteiger partial charge >= 0.3 is 5.97 Å². The van der Waals surface area contributed by atoms with Crippen molar-refractivity contribution in [3.05, 3.63) is 71.3 Å². The molecule has 4 heteroatoms. The van der Waals surface area contributed by atoms with Gasteiger partial charge < -0.3 is 15.2 Å². The van der Waals surface area contributed by atoms with Gasteiger partial charge in [-0.25, -0.2) is 4.79 Å². The Balaban J connectivity index is 1.52. The van der Waals surface area contributed by atoms with Crippen molar-refractivity contribution < 1.29 is 14.6 Å². The average Bonchev–Trinajstić information content (AvgIpc) is 2.58. The smallest absolute Gasteiger partial charge is 0.335 e. The molecule has 0 bridgehead atoms. The fourth-order valence-corrected chi connectivity index (χ4v) is 2.28. The van der Waals surface area contributed by atoms with Crippen LogP contribution in [-0.2, 0) is 17.7 Å². The highest BCUT2D eigenvalue weighted by atomic mass is 16.5. The topological polar surface area (TPSA) is 58.6 Å². The molecule has 122 valence electrons. The highest BCUT2D eigenvalue weighted by Crippen LogP contribution is 2.05. The normalized spacial score (nSPS) is 10.6. The summed E-state index contributed by atoms with van der Waals surface area (Å²) in [6.45, 7) is 2.99. The van der Waals surface area contributed by atoms with Crippen molar-refractivity contribution in [2.75, 3.05) is 19.8 Å². The molecule has 0 amide bonds. The maximum absolute atomic E-state index is 10.9. The van der Waals surface area contributed by atoms with Gasteiger partial charge in [0, 0.05) is 13.2 Å². The van der Waals surface area contributed by atoms with Crippen LogP contribution in [0.5, 0.6) is 0 Å². The standard InChI is InChI=1S/C19H23NO3/c21-19(22)18-9-4-8-17(14-18)15-20-11-5-12-23-13-10-16-6-2-1-3-7-16/h1-4,6-9,14,20H,5,10-13,15H2,(H,21,22). The fraction of sp³-hybridized carbons (Fsp3) is 0.316. The van der Waals surface area contributed by atoms with Gasteiger partial charge in [0.2, 0.25) is 0 Å². The maximum atomic E-state index is 10.9. The summed E-state index contributed by atoms with van der Waals surface area (Å²) in [5.41, 5.74) is 2.60. The molecule has 0 spiro atoms. The van der Waals surface area contributed by atoms with Crippen molar-refractivity contribution in [1.82, 2.24) is 5.32 Å². The fourth-order valence-electron chi connectivity index (χ4n) is 2.28. The van der Waals surface area contributed by atoms with E-state index in [9.17, 15) is 4.79 Å². The average molecular weight is 313 g/mol. The first kappa shape index (κ1) is 17.2. The van der Waals surface area contributed by atoms with Crippen molar-refractivity contribution in [2.45, 2.75) is 19.4 Å². The zero-order chi connectivity index (χ0) is 16.3. The van der Waals surface area contributed by atoms with E-state index in [2.05, 4.69) is 17.4 Å². The Hall–Kier alpha value is -2.17. The first-order chi connectivity index (χ1) is 11.3. The van der Waals surface area contributed by atoms with Crippen LogP contribution >= 0.6 is 0 Å². The van der Waals surface area contributed by atoms with E-state index in [1.165, 1.54) is 5.56 Å². The molecule has 0 aliphatic rings. The van der Waals surface area contributed by atoms with Crippen LogP contribution in [0.15, 0.2) is 54.6 Å². The predicted octanol–water partition coefficient (Wildman–Crippen LogP) is 3.12. The van der Waals surface area contributed by atoms with Crippen LogP contribution < -0.4 is 5.32 Å². The number of carboxylic acids is 1. The number of rotatable bonds is 10. The second kappa shape index (κ2) is 9.77. The summed E-state index contributed by atoms with van der Waals surface area (Å²) in [5, 5.41) is 12.3. The van der Waals surface area contributed by atoms with Crippen LogP contribution in [0.1, 0.15) is 27.9 Å². The van der Waals surface area contributed by atoms with Gasteiger partial charge in [-0.05, 0) is 42.6 Å². The molecule has 23 heavy (non-hydrogen) atoms. The number of carbonyl (C=O) groups is 1. The minimum Gasteiger partial charge on any atom is -0.478 e. The molecule has 0 radical (unpaired) electrons. The molecule has 4 nitrogen and oxygen atoms in total. The number of nitrogens with one attached hydrogen (secondary N) is 1. The molecule has 0 aliphatic carbocycles. The molecule has 2 aromatic rings. The minimum atomic E-state index is -0.890. The number of aromatic carboxylic acids is 1. The lowest BCUT2D eigenvalue weighted by Crippen LogP contribution is -2.17. The number of benzene rings is 2. The molecule has 2 rings (SSSR count). The van der Waals surface area contributed by atoms with Crippen LogP contribution in [0.4, 0.5) is 0 Å². The molecule has 0 aromatic heterocycles. The number of carboxylic acid groups (broad SMARTS) is 1. The molecule has 0 saturated heterocycles. The van der Waals surface area contributed by atoms with Gasteiger partial charge in [0.15, 0.2) is 0 Å². The van der Waals surface area contributed by atoms with E-state index in [0.717, 1.165) is 38.2 Å². The third kappa shape index (κ3) is 6.63. The van der Waals surface area contributed by atoms with Gasteiger partial charge in [-0.3, -0.25) is 0 Å². The molecule has 2 N–H and O–H groups in total. The van der Waals surface area contributed by atoms with Gasteiger partial charge in [-0.1, -0.05) is 42.5 Å². The van der Waals surface area contributed by atoms with E-state index >= 15 is 0 Å². The third-order valence-electron chi connectivity index (χ3n) is 3.52. The van der Waals surface area contributed by atoms with E-state index < -0.39 is 5.97 Å². The van der Waals surface area contributed by atoms with E-state index in [-0.39, 0.29) is 0 Å². The molecule has 2 aromatic carbocycles. The summed E-state index contributed by atoms with van der Waals surface area (Å²) >= 11 is 0. The predicted molar refractivity (Wildman–Crippen MR) is 90.7 cm³/mol.